The lowest BCUT2D eigenvalue weighted by Crippen LogP contribution is -2.12. The first-order valence-electron chi connectivity index (χ1n) is 9.66. The van der Waals surface area contributed by atoms with Crippen LogP contribution in [0.1, 0.15) is 23.6 Å². The minimum atomic E-state index is -3.69. The Morgan fingerprint density at radius 1 is 0.900 bits per heavy atom. The number of primary sulfonamides is 1. The topological polar surface area (TPSA) is 90.6 Å². The molecule has 0 aromatic heterocycles. The van der Waals surface area contributed by atoms with Crippen LogP contribution in [0.25, 0.3) is 0 Å². The van der Waals surface area contributed by atoms with E-state index in [1.54, 1.807) is 12.1 Å². The van der Waals surface area contributed by atoms with Gasteiger partial charge < -0.3 is 14.8 Å². The number of hydrogen-bond acceptors (Lipinski definition) is 5. The fraction of sp³-hybridized carbons (Fsp3) is 0.217. The second-order valence-electron chi connectivity index (χ2n) is 6.91. The van der Waals surface area contributed by atoms with E-state index in [4.69, 9.17) is 14.6 Å². The van der Waals surface area contributed by atoms with Gasteiger partial charge in [-0.2, -0.15) is 0 Å². The molecule has 0 fully saturated rings. The molecular formula is C23H26N2O4S. The first-order valence-corrected chi connectivity index (χ1v) is 11.2. The Bertz CT molecular complexity index is 1100. The molecule has 3 N–H and O–H groups in total. The predicted molar refractivity (Wildman–Crippen MR) is 118 cm³/mol. The maximum absolute atomic E-state index is 11.3. The first kappa shape index (κ1) is 21.7. The van der Waals surface area contributed by atoms with Gasteiger partial charge in [-0.3, -0.25) is 0 Å². The number of anilines is 1. The van der Waals surface area contributed by atoms with Crippen molar-refractivity contribution in [1.82, 2.24) is 0 Å². The maximum Gasteiger partial charge on any atom is 0.238 e. The lowest BCUT2D eigenvalue weighted by Gasteiger charge is -2.14. The summed E-state index contributed by atoms with van der Waals surface area (Å²) in [4.78, 5) is 0.0850. The molecule has 30 heavy (non-hydrogen) atoms. The number of sulfonamides is 1. The van der Waals surface area contributed by atoms with E-state index in [2.05, 4.69) is 24.4 Å². The highest BCUT2D eigenvalue weighted by Gasteiger charge is 2.09. The molecule has 6 nitrogen and oxygen atoms in total. The molecule has 7 heteroatoms. The lowest BCUT2D eigenvalue weighted by molar-refractivity contribution is 0.269. The van der Waals surface area contributed by atoms with Gasteiger partial charge in [-0.15, -0.1) is 0 Å². The number of benzene rings is 3. The van der Waals surface area contributed by atoms with E-state index in [0.717, 1.165) is 16.8 Å². The number of rotatable bonds is 9. The Hall–Kier alpha value is -3.03. The minimum absolute atomic E-state index is 0.0850. The quantitative estimate of drug-likeness (QED) is 0.534. The third-order valence-electron chi connectivity index (χ3n) is 4.46. The third-order valence-corrected chi connectivity index (χ3v) is 5.39. The predicted octanol–water partition coefficient (Wildman–Crippen LogP) is 4.23. The number of nitrogens with one attached hydrogen (secondary N) is 1. The van der Waals surface area contributed by atoms with Gasteiger partial charge in [0.1, 0.15) is 6.61 Å². The summed E-state index contributed by atoms with van der Waals surface area (Å²) < 4.78 is 34.4. The van der Waals surface area contributed by atoms with Gasteiger partial charge >= 0.3 is 0 Å². The Kier molecular flexibility index (Phi) is 6.97. The zero-order valence-electron chi connectivity index (χ0n) is 17.1. The van der Waals surface area contributed by atoms with E-state index in [9.17, 15) is 8.42 Å². The molecule has 0 aliphatic heterocycles. The second kappa shape index (κ2) is 9.65. The molecule has 0 atom stereocenters. The summed E-state index contributed by atoms with van der Waals surface area (Å²) >= 11 is 0. The van der Waals surface area contributed by atoms with Crippen molar-refractivity contribution < 1.29 is 17.9 Å². The summed E-state index contributed by atoms with van der Waals surface area (Å²) in [6.07, 6.45) is 0. The normalized spacial score (nSPS) is 11.2. The largest absolute Gasteiger partial charge is 0.490 e. The van der Waals surface area contributed by atoms with Gasteiger partial charge in [0.15, 0.2) is 11.5 Å². The van der Waals surface area contributed by atoms with Crippen LogP contribution in [0.4, 0.5) is 5.69 Å². The molecular weight excluding hydrogens is 400 g/mol. The van der Waals surface area contributed by atoms with Crippen LogP contribution in [-0.2, 0) is 23.2 Å². The standard InChI is InChI=1S/C23H26N2O4S/c1-3-28-23-14-18(15-25-20-8-10-21(11-9-20)30(24,26)27)7-12-22(23)29-16-19-6-4-5-17(2)13-19/h4-14,25H,3,15-16H2,1-2H3,(H2,24,26,27). The van der Waals surface area contributed by atoms with Crippen LogP contribution in [0.15, 0.2) is 71.6 Å². The Morgan fingerprint density at radius 2 is 1.67 bits per heavy atom. The SMILES string of the molecule is CCOc1cc(CNc2ccc(S(N)(=O)=O)cc2)ccc1OCc1cccc(C)c1. The van der Waals surface area contributed by atoms with E-state index >= 15 is 0 Å². The third kappa shape index (κ3) is 5.98. The maximum atomic E-state index is 11.3. The molecule has 0 amide bonds. The fourth-order valence-electron chi connectivity index (χ4n) is 2.98. The van der Waals surface area contributed by atoms with Crippen LogP contribution in [-0.4, -0.2) is 15.0 Å². The van der Waals surface area contributed by atoms with Crippen molar-refractivity contribution in [3.63, 3.8) is 0 Å². The zero-order chi connectivity index (χ0) is 21.6. The molecule has 0 spiro atoms. The number of ether oxygens (including phenoxy) is 2. The molecule has 3 aromatic carbocycles. The van der Waals surface area contributed by atoms with Gasteiger partial charge in [0.2, 0.25) is 10.0 Å². The molecule has 0 aliphatic carbocycles. The van der Waals surface area contributed by atoms with Crippen LogP contribution in [0.2, 0.25) is 0 Å². The van der Waals surface area contributed by atoms with Crippen molar-refractivity contribution in [2.75, 3.05) is 11.9 Å². The van der Waals surface area contributed by atoms with Gasteiger partial charge in [0.05, 0.1) is 11.5 Å². The van der Waals surface area contributed by atoms with Crippen molar-refractivity contribution >= 4 is 15.7 Å². The summed E-state index contributed by atoms with van der Waals surface area (Å²) in [7, 11) is -3.69. The summed E-state index contributed by atoms with van der Waals surface area (Å²) in [5.41, 5.74) is 4.10. The summed E-state index contributed by atoms with van der Waals surface area (Å²) in [5.74, 6) is 1.38. The molecule has 0 aliphatic rings. The fourth-order valence-corrected chi connectivity index (χ4v) is 3.50. The van der Waals surface area contributed by atoms with E-state index in [1.165, 1.54) is 17.7 Å². The van der Waals surface area contributed by atoms with Crippen molar-refractivity contribution in [2.24, 2.45) is 5.14 Å². The highest BCUT2D eigenvalue weighted by Crippen LogP contribution is 2.30. The summed E-state index contributed by atoms with van der Waals surface area (Å²) in [6.45, 7) is 5.54. The molecule has 3 aromatic rings. The van der Waals surface area contributed by atoms with Gasteiger partial charge in [0.25, 0.3) is 0 Å². The van der Waals surface area contributed by atoms with Crippen LogP contribution in [0.3, 0.4) is 0 Å². The molecule has 0 bridgehead atoms. The molecule has 0 unspecified atom stereocenters. The molecule has 0 saturated heterocycles. The van der Waals surface area contributed by atoms with Gasteiger partial charge in [0, 0.05) is 12.2 Å². The van der Waals surface area contributed by atoms with E-state index in [1.807, 2.05) is 37.3 Å². The molecule has 0 heterocycles. The van der Waals surface area contributed by atoms with Crippen molar-refractivity contribution in [3.05, 3.63) is 83.4 Å². The molecule has 158 valence electrons. The summed E-state index contributed by atoms with van der Waals surface area (Å²) in [6, 6.07) is 20.3. The average Bonchev–Trinajstić information content (AvgIpc) is 2.71. The molecule has 0 saturated carbocycles. The first-order chi connectivity index (χ1) is 14.3. The van der Waals surface area contributed by atoms with E-state index in [0.29, 0.717) is 31.3 Å². The second-order valence-corrected chi connectivity index (χ2v) is 8.48. The Labute approximate surface area is 177 Å². The smallest absolute Gasteiger partial charge is 0.238 e. The van der Waals surface area contributed by atoms with E-state index < -0.39 is 10.0 Å². The Balaban J connectivity index is 1.66. The van der Waals surface area contributed by atoms with Crippen LogP contribution in [0.5, 0.6) is 11.5 Å². The highest BCUT2D eigenvalue weighted by atomic mass is 32.2. The molecule has 3 rings (SSSR count). The number of aryl methyl sites for hydroxylation is 1. The average molecular weight is 427 g/mol. The lowest BCUT2D eigenvalue weighted by atomic mass is 10.1. The van der Waals surface area contributed by atoms with Crippen LogP contribution in [0, 0.1) is 6.92 Å². The zero-order valence-corrected chi connectivity index (χ0v) is 17.9. The monoisotopic (exact) mass is 426 g/mol. The van der Waals surface area contributed by atoms with Crippen LogP contribution >= 0.6 is 0 Å². The molecule has 0 radical (unpaired) electrons. The van der Waals surface area contributed by atoms with Gasteiger partial charge in [-0.25, -0.2) is 13.6 Å². The van der Waals surface area contributed by atoms with Crippen molar-refractivity contribution in [2.45, 2.75) is 31.9 Å². The van der Waals surface area contributed by atoms with E-state index in [-0.39, 0.29) is 4.90 Å². The van der Waals surface area contributed by atoms with Gasteiger partial charge in [-0.05, 0) is 61.4 Å². The Morgan fingerprint density at radius 3 is 2.33 bits per heavy atom. The summed E-state index contributed by atoms with van der Waals surface area (Å²) in [5, 5.41) is 8.39. The highest BCUT2D eigenvalue weighted by molar-refractivity contribution is 7.89. The number of hydrogen-bond donors (Lipinski definition) is 2. The van der Waals surface area contributed by atoms with Crippen molar-refractivity contribution in [3.8, 4) is 11.5 Å². The minimum Gasteiger partial charge on any atom is -0.490 e. The van der Waals surface area contributed by atoms with Gasteiger partial charge in [-0.1, -0.05) is 35.9 Å². The van der Waals surface area contributed by atoms with Crippen molar-refractivity contribution in [1.29, 1.82) is 0 Å². The number of nitrogens with two attached hydrogens (primary N) is 1. The van der Waals surface area contributed by atoms with Crippen LogP contribution < -0.4 is 19.9 Å².